The zero-order chi connectivity index (χ0) is 21.4. The topological polar surface area (TPSA) is 86.8 Å². The molecular weight excluding hydrogens is 428 g/mol. The standard InChI is InChI=1S/C21H23ClN2O5S/c1-3-8-27-10-13-9-21(17(25)28-13)12-20(2,29-18(21)26)16-11-30-19(24-16)23-15-7-5-4-6-14(15)22/h4-7,11,13H,3,8-10,12H2,1-2H3,(H,23,24)/t13-,20-,21+/m1/s1. The molecule has 1 aromatic heterocycles. The number of thiazole rings is 1. The summed E-state index contributed by atoms with van der Waals surface area (Å²) in [5.41, 5.74) is -0.980. The number of ether oxygens (including phenoxy) is 3. The molecule has 0 radical (unpaired) electrons. The van der Waals surface area contributed by atoms with Crippen LogP contribution in [-0.4, -0.2) is 36.2 Å². The molecule has 0 bridgehead atoms. The first-order chi connectivity index (χ1) is 14.4. The van der Waals surface area contributed by atoms with Crippen LogP contribution in [0.3, 0.4) is 0 Å². The molecule has 0 unspecified atom stereocenters. The number of hydrogen-bond donors (Lipinski definition) is 1. The van der Waals surface area contributed by atoms with E-state index in [0.29, 0.717) is 22.5 Å². The quantitative estimate of drug-likeness (QED) is 0.379. The maximum Gasteiger partial charge on any atom is 0.324 e. The van der Waals surface area contributed by atoms with E-state index in [0.717, 1.165) is 12.1 Å². The monoisotopic (exact) mass is 450 g/mol. The first kappa shape index (κ1) is 21.1. The molecule has 2 aromatic rings. The van der Waals surface area contributed by atoms with Crippen molar-refractivity contribution in [2.45, 2.75) is 44.8 Å². The van der Waals surface area contributed by atoms with E-state index >= 15 is 0 Å². The van der Waals surface area contributed by atoms with Gasteiger partial charge in [-0.1, -0.05) is 30.7 Å². The lowest BCUT2D eigenvalue weighted by atomic mass is 9.78. The minimum Gasteiger partial charge on any atom is -0.459 e. The molecule has 0 amide bonds. The lowest BCUT2D eigenvalue weighted by Crippen LogP contribution is -2.32. The number of nitrogens with zero attached hydrogens (tertiary/aromatic N) is 1. The van der Waals surface area contributed by atoms with Crippen LogP contribution in [0.5, 0.6) is 0 Å². The summed E-state index contributed by atoms with van der Waals surface area (Å²) < 4.78 is 16.6. The first-order valence-electron chi connectivity index (χ1n) is 9.86. The Labute approximate surface area is 183 Å². The van der Waals surface area contributed by atoms with E-state index in [1.807, 2.05) is 30.5 Å². The number of hydrogen-bond acceptors (Lipinski definition) is 8. The number of aromatic nitrogens is 1. The van der Waals surface area contributed by atoms with Crippen LogP contribution >= 0.6 is 22.9 Å². The van der Waals surface area contributed by atoms with Crippen molar-refractivity contribution in [3.05, 3.63) is 40.4 Å². The number of anilines is 2. The highest BCUT2D eigenvalue weighted by molar-refractivity contribution is 7.13. The summed E-state index contributed by atoms with van der Waals surface area (Å²) in [7, 11) is 0. The average molecular weight is 451 g/mol. The van der Waals surface area contributed by atoms with Gasteiger partial charge in [-0.15, -0.1) is 11.3 Å². The lowest BCUT2D eigenvalue weighted by molar-refractivity contribution is -0.160. The second-order valence-corrected chi connectivity index (χ2v) is 9.09. The van der Waals surface area contributed by atoms with Gasteiger partial charge < -0.3 is 19.5 Å². The van der Waals surface area contributed by atoms with E-state index < -0.39 is 29.1 Å². The third kappa shape index (κ3) is 3.79. The van der Waals surface area contributed by atoms with Gasteiger partial charge in [0.05, 0.1) is 23.0 Å². The summed E-state index contributed by atoms with van der Waals surface area (Å²) in [5.74, 6) is -1.09. The van der Waals surface area contributed by atoms with Crippen LogP contribution < -0.4 is 5.32 Å². The van der Waals surface area contributed by atoms with E-state index in [1.165, 1.54) is 11.3 Å². The van der Waals surface area contributed by atoms with Gasteiger partial charge in [0.25, 0.3) is 0 Å². The van der Waals surface area contributed by atoms with Gasteiger partial charge in [-0.05, 0) is 25.5 Å². The van der Waals surface area contributed by atoms with Gasteiger partial charge in [0.15, 0.2) is 16.1 Å². The fourth-order valence-electron chi connectivity index (χ4n) is 3.92. The molecule has 9 heteroatoms. The second-order valence-electron chi connectivity index (χ2n) is 7.83. The third-order valence-electron chi connectivity index (χ3n) is 5.40. The normalized spacial score (nSPS) is 28.0. The lowest BCUT2D eigenvalue weighted by Gasteiger charge is -2.20. The summed E-state index contributed by atoms with van der Waals surface area (Å²) in [6.45, 7) is 4.66. The van der Waals surface area contributed by atoms with Crippen LogP contribution in [0, 0.1) is 5.41 Å². The molecule has 2 saturated heterocycles. The van der Waals surface area contributed by atoms with E-state index in [9.17, 15) is 9.59 Å². The molecule has 160 valence electrons. The largest absolute Gasteiger partial charge is 0.459 e. The number of esters is 2. The van der Waals surface area contributed by atoms with Crippen molar-refractivity contribution >= 4 is 45.7 Å². The fraction of sp³-hybridized carbons (Fsp3) is 0.476. The van der Waals surface area contributed by atoms with Crippen molar-refractivity contribution in [2.24, 2.45) is 5.41 Å². The van der Waals surface area contributed by atoms with Gasteiger partial charge in [-0.3, -0.25) is 9.59 Å². The molecule has 3 atom stereocenters. The number of benzene rings is 1. The van der Waals surface area contributed by atoms with Crippen LogP contribution in [-0.2, 0) is 29.4 Å². The molecule has 3 heterocycles. The Bertz CT molecular complexity index is 966. The molecule has 0 saturated carbocycles. The van der Waals surface area contributed by atoms with Crippen molar-refractivity contribution in [1.29, 1.82) is 0 Å². The van der Waals surface area contributed by atoms with Crippen molar-refractivity contribution in [3.63, 3.8) is 0 Å². The second kappa shape index (κ2) is 8.17. The number of rotatable bonds is 7. The molecule has 1 aromatic carbocycles. The molecule has 30 heavy (non-hydrogen) atoms. The Morgan fingerprint density at radius 1 is 1.33 bits per heavy atom. The van der Waals surface area contributed by atoms with Crippen molar-refractivity contribution < 1.29 is 23.8 Å². The Morgan fingerprint density at radius 3 is 2.90 bits per heavy atom. The van der Waals surface area contributed by atoms with E-state index in [4.69, 9.17) is 25.8 Å². The summed E-state index contributed by atoms with van der Waals surface area (Å²) in [4.78, 5) is 30.0. The minimum absolute atomic E-state index is 0.192. The fourth-order valence-corrected chi connectivity index (χ4v) is 4.95. The van der Waals surface area contributed by atoms with Gasteiger partial charge in [0.2, 0.25) is 0 Å². The number of nitrogens with one attached hydrogen (secondary N) is 1. The van der Waals surface area contributed by atoms with Crippen LogP contribution in [0.2, 0.25) is 5.02 Å². The number of halogens is 1. The average Bonchev–Trinajstić information content (AvgIpc) is 3.36. The summed E-state index contributed by atoms with van der Waals surface area (Å²) in [5, 5.41) is 6.21. The molecule has 1 spiro atoms. The van der Waals surface area contributed by atoms with E-state index in [1.54, 1.807) is 13.0 Å². The number of carbonyl (C=O) groups is 2. The van der Waals surface area contributed by atoms with E-state index in [-0.39, 0.29) is 19.4 Å². The Kier molecular flexibility index (Phi) is 5.74. The third-order valence-corrected chi connectivity index (χ3v) is 6.49. The van der Waals surface area contributed by atoms with Crippen LogP contribution in [0.4, 0.5) is 10.8 Å². The smallest absolute Gasteiger partial charge is 0.324 e. The Morgan fingerprint density at radius 2 is 2.13 bits per heavy atom. The SMILES string of the molecule is CCCOC[C@H]1C[C@]2(C[C@](C)(c3csc(Nc4ccccc4Cl)n3)OC2=O)C(=O)O1. The van der Waals surface area contributed by atoms with Crippen LogP contribution in [0.1, 0.15) is 38.8 Å². The maximum atomic E-state index is 12.8. The highest BCUT2D eigenvalue weighted by atomic mass is 35.5. The van der Waals surface area contributed by atoms with Crippen LogP contribution in [0.15, 0.2) is 29.6 Å². The highest BCUT2D eigenvalue weighted by Gasteiger charge is 2.65. The van der Waals surface area contributed by atoms with Crippen molar-refractivity contribution in [3.8, 4) is 0 Å². The van der Waals surface area contributed by atoms with Gasteiger partial charge in [-0.2, -0.15) is 0 Å². The number of carbonyl (C=O) groups excluding carboxylic acids is 2. The molecule has 7 nitrogen and oxygen atoms in total. The molecule has 0 aliphatic carbocycles. The molecule has 2 aliphatic rings. The van der Waals surface area contributed by atoms with Gasteiger partial charge in [0.1, 0.15) is 6.10 Å². The molecule has 1 N–H and O–H groups in total. The Hall–Kier alpha value is -2.16. The van der Waals surface area contributed by atoms with Crippen LogP contribution in [0.25, 0.3) is 0 Å². The predicted octanol–water partition coefficient (Wildman–Crippen LogP) is 4.43. The highest BCUT2D eigenvalue weighted by Crippen LogP contribution is 2.52. The summed E-state index contributed by atoms with van der Waals surface area (Å²) >= 11 is 7.57. The van der Waals surface area contributed by atoms with E-state index in [2.05, 4.69) is 10.3 Å². The molecule has 4 rings (SSSR count). The number of para-hydroxylation sites is 1. The van der Waals surface area contributed by atoms with Crippen molar-refractivity contribution in [2.75, 3.05) is 18.5 Å². The molecular formula is C21H23ClN2O5S. The summed E-state index contributed by atoms with van der Waals surface area (Å²) in [6.07, 6.45) is 0.892. The minimum atomic E-state index is -1.30. The Balaban J connectivity index is 1.50. The maximum absolute atomic E-state index is 12.8. The number of cyclic esters (lactones) is 2. The van der Waals surface area contributed by atoms with Gasteiger partial charge in [-0.25, -0.2) is 4.98 Å². The van der Waals surface area contributed by atoms with Gasteiger partial charge >= 0.3 is 11.9 Å². The molecule has 2 aliphatic heterocycles. The van der Waals surface area contributed by atoms with Crippen molar-refractivity contribution in [1.82, 2.24) is 4.98 Å². The van der Waals surface area contributed by atoms with Gasteiger partial charge in [0, 0.05) is 24.8 Å². The first-order valence-corrected chi connectivity index (χ1v) is 11.1. The molecule has 2 fully saturated rings. The zero-order valence-electron chi connectivity index (χ0n) is 16.8. The summed E-state index contributed by atoms with van der Waals surface area (Å²) in [6, 6.07) is 7.36. The zero-order valence-corrected chi connectivity index (χ0v) is 18.3. The predicted molar refractivity (Wildman–Crippen MR) is 113 cm³/mol.